The number of amides is 3. The highest BCUT2D eigenvalue weighted by Crippen LogP contribution is 2.02. The van der Waals surface area contributed by atoms with Gasteiger partial charge in [0.2, 0.25) is 5.91 Å². The van der Waals surface area contributed by atoms with Crippen LogP contribution in [0.3, 0.4) is 0 Å². The molecule has 1 saturated heterocycles. The lowest BCUT2D eigenvalue weighted by Gasteiger charge is -2.03. The molecule has 1 aromatic carbocycles. The average molecular weight is 221 g/mol. The molecule has 1 heterocycles. The molecular formula is C10H8FN3O2. The van der Waals surface area contributed by atoms with Crippen LogP contribution in [0.15, 0.2) is 29.4 Å². The predicted molar refractivity (Wildman–Crippen MR) is 54.2 cm³/mol. The molecule has 1 aliphatic rings. The van der Waals surface area contributed by atoms with E-state index in [1.807, 2.05) is 0 Å². The summed E-state index contributed by atoms with van der Waals surface area (Å²) in [6, 6.07) is 5.07. The maximum Gasteiger partial charge on any atom is 0.344 e. The second kappa shape index (κ2) is 4.09. The Morgan fingerprint density at radius 2 is 2.00 bits per heavy atom. The van der Waals surface area contributed by atoms with Crippen LogP contribution in [0, 0.1) is 5.82 Å². The van der Waals surface area contributed by atoms with Crippen LogP contribution in [0.1, 0.15) is 5.56 Å². The third-order valence-corrected chi connectivity index (χ3v) is 1.99. The van der Waals surface area contributed by atoms with Crippen LogP contribution in [-0.4, -0.2) is 29.7 Å². The molecule has 82 valence electrons. The van der Waals surface area contributed by atoms with Gasteiger partial charge in [-0.2, -0.15) is 5.10 Å². The first-order chi connectivity index (χ1) is 7.65. The largest absolute Gasteiger partial charge is 0.344 e. The van der Waals surface area contributed by atoms with Gasteiger partial charge in [-0.15, -0.1) is 0 Å². The minimum absolute atomic E-state index is 0.0868. The smallest absolute Gasteiger partial charge is 0.275 e. The van der Waals surface area contributed by atoms with Gasteiger partial charge in [-0.3, -0.25) is 10.1 Å². The van der Waals surface area contributed by atoms with Gasteiger partial charge < -0.3 is 0 Å². The Morgan fingerprint density at radius 3 is 2.56 bits per heavy atom. The van der Waals surface area contributed by atoms with Crippen LogP contribution in [0.5, 0.6) is 0 Å². The van der Waals surface area contributed by atoms with E-state index in [1.165, 1.54) is 30.5 Å². The minimum atomic E-state index is -0.552. The third kappa shape index (κ3) is 2.22. The molecule has 0 saturated carbocycles. The Bertz CT molecular complexity index is 456. The van der Waals surface area contributed by atoms with Crippen molar-refractivity contribution < 1.29 is 14.0 Å². The van der Waals surface area contributed by atoms with Crippen molar-refractivity contribution in [1.29, 1.82) is 0 Å². The van der Waals surface area contributed by atoms with E-state index in [4.69, 9.17) is 0 Å². The van der Waals surface area contributed by atoms with Crippen molar-refractivity contribution in [2.24, 2.45) is 5.10 Å². The number of nitrogens with one attached hydrogen (secondary N) is 1. The van der Waals surface area contributed by atoms with Crippen molar-refractivity contribution in [3.05, 3.63) is 35.6 Å². The van der Waals surface area contributed by atoms with Gasteiger partial charge in [-0.25, -0.2) is 14.2 Å². The molecule has 6 heteroatoms. The van der Waals surface area contributed by atoms with E-state index >= 15 is 0 Å². The molecule has 1 fully saturated rings. The van der Waals surface area contributed by atoms with E-state index in [0.29, 0.717) is 5.56 Å². The maximum absolute atomic E-state index is 12.6. The van der Waals surface area contributed by atoms with Crippen molar-refractivity contribution >= 4 is 18.2 Å². The summed E-state index contributed by atoms with van der Waals surface area (Å²) in [6.07, 6.45) is 1.39. The summed E-state index contributed by atoms with van der Waals surface area (Å²) in [6.45, 7) is -0.0868. The number of nitrogens with zero attached hydrogens (tertiary/aromatic N) is 2. The van der Waals surface area contributed by atoms with E-state index in [1.54, 1.807) is 0 Å². The molecule has 0 spiro atoms. The number of benzene rings is 1. The third-order valence-electron chi connectivity index (χ3n) is 1.99. The first-order valence-electron chi connectivity index (χ1n) is 4.56. The van der Waals surface area contributed by atoms with Crippen LogP contribution in [0.2, 0.25) is 0 Å². The van der Waals surface area contributed by atoms with Crippen molar-refractivity contribution in [1.82, 2.24) is 10.3 Å². The standard InChI is InChI=1S/C10H8FN3O2/c11-8-3-1-7(2-4-8)5-12-14-6-9(15)13-10(14)16/h1-5H,6H2,(H,13,15,16)/b12-5-. The van der Waals surface area contributed by atoms with Gasteiger partial charge in [-0.05, 0) is 17.7 Å². The topological polar surface area (TPSA) is 61.8 Å². The monoisotopic (exact) mass is 221 g/mol. The highest BCUT2D eigenvalue weighted by Gasteiger charge is 2.25. The molecule has 0 aliphatic carbocycles. The molecule has 1 N–H and O–H groups in total. The van der Waals surface area contributed by atoms with E-state index in [9.17, 15) is 14.0 Å². The molecule has 0 atom stereocenters. The summed E-state index contributed by atoms with van der Waals surface area (Å²) >= 11 is 0. The molecule has 1 aliphatic heterocycles. The van der Waals surface area contributed by atoms with Crippen molar-refractivity contribution in [2.45, 2.75) is 0 Å². The van der Waals surface area contributed by atoms with Crippen LogP contribution in [0.25, 0.3) is 0 Å². The molecule has 5 nitrogen and oxygen atoms in total. The fourth-order valence-corrected chi connectivity index (χ4v) is 1.21. The summed E-state index contributed by atoms with van der Waals surface area (Å²) in [5.74, 6) is -0.729. The Balaban J connectivity index is 2.07. The molecule has 2 rings (SSSR count). The van der Waals surface area contributed by atoms with E-state index in [-0.39, 0.29) is 18.3 Å². The van der Waals surface area contributed by atoms with E-state index in [2.05, 4.69) is 10.4 Å². The molecule has 0 aromatic heterocycles. The first-order valence-corrected chi connectivity index (χ1v) is 4.56. The Morgan fingerprint density at radius 1 is 1.31 bits per heavy atom. The molecule has 3 amide bonds. The Hall–Kier alpha value is -2.24. The van der Waals surface area contributed by atoms with Crippen LogP contribution < -0.4 is 5.32 Å². The Kier molecular flexibility index (Phi) is 2.63. The number of carbonyl (C=O) groups is 2. The second-order valence-electron chi connectivity index (χ2n) is 3.21. The van der Waals surface area contributed by atoms with Crippen LogP contribution in [0.4, 0.5) is 9.18 Å². The van der Waals surface area contributed by atoms with Gasteiger partial charge in [0.1, 0.15) is 12.4 Å². The predicted octanol–water partition coefficient (Wildman–Crippen LogP) is 0.711. The zero-order valence-electron chi connectivity index (χ0n) is 8.18. The highest BCUT2D eigenvalue weighted by molar-refractivity contribution is 6.02. The van der Waals surface area contributed by atoms with Gasteiger partial charge in [0.15, 0.2) is 0 Å². The van der Waals surface area contributed by atoms with Gasteiger partial charge in [0.05, 0.1) is 6.21 Å². The molecule has 0 radical (unpaired) electrons. The molecule has 0 unspecified atom stereocenters. The summed E-state index contributed by atoms with van der Waals surface area (Å²) in [5.41, 5.74) is 0.647. The molecular weight excluding hydrogens is 213 g/mol. The normalized spacial score (nSPS) is 15.9. The van der Waals surface area contributed by atoms with E-state index in [0.717, 1.165) is 5.01 Å². The highest BCUT2D eigenvalue weighted by atomic mass is 19.1. The number of carbonyl (C=O) groups excluding carboxylic acids is 2. The number of hydrogen-bond acceptors (Lipinski definition) is 3. The minimum Gasteiger partial charge on any atom is -0.275 e. The molecule has 0 bridgehead atoms. The number of urea groups is 1. The lowest BCUT2D eigenvalue weighted by molar-refractivity contribution is -0.118. The molecule has 1 aromatic rings. The van der Waals surface area contributed by atoms with Crippen molar-refractivity contribution in [2.75, 3.05) is 6.54 Å². The first kappa shape index (κ1) is 10.3. The van der Waals surface area contributed by atoms with E-state index < -0.39 is 6.03 Å². The number of rotatable bonds is 2. The zero-order valence-corrected chi connectivity index (χ0v) is 8.18. The van der Waals surface area contributed by atoms with Crippen molar-refractivity contribution in [3.63, 3.8) is 0 Å². The fourth-order valence-electron chi connectivity index (χ4n) is 1.21. The Labute approximate surface area is 90.5 Å². The van der Waals surface area contributed by atoms with Gasteiger partial charge >= 0.3 is 6.03 Å². The zero-order chi connectivity index (χ0) is 11.5. The lowest BCUT2D eigenvalue weighted by atomic mass is 10.2. The SMILES string of the molecule is O=C1CN(/N=C\c2ccc(F)cc2)C(=O)N1. The quantitative estimate of drug-likeness (QED) is 0.590. The summed E-state index contributed by atoms with van der Waals surface area (Å²) in [4.78, 5) is 21.9. The van der Waals surface area contributed by atoms with Crippen LogP contribution >= 0.6 is 0 Å². The van der Waals surface area contributed by atoms with Crippen molar-refractivity contribution in [3.8, 4) is 0 Å². The fraction of sp³-hybridized carbons (Fsp3) is 0.100. The number of hydrogen-bond donors (Lipinski definition) is 1. The number of hydrazone groups is 1. The average Bonchev–Trinajstić information content (AvgIpc) is 2.57. The van der Waals surface area contributed by atoms with Gasteiger partial charge in [0.25, 0.3) is 0 Å². The number of halogens is 1. The molecule has 16 heavy (non-hydrogen) atoms. The summed E-state index contributed by atoms with van der Waals surface area (Å²) < 4.78 is 12.6. The number of imide groups is 1. The van der Waals surface area contributed by atoms with Crippen LogP contribution in [-0.2, 0) is 4.79 Å². The second-order valence-corrected chi connectivity index (χ2v) is 3.21. The van der Waals surface area contributed by atoms with Gasteiger partial charge in [-0.1, -0.05) is 12.1 Å². The summed E-state index contributed by atoms with van der Waals surface area (Å²) in [5, 5.41) is 6.90. The summed E-state index contributed by atoms with van der Waals surface area (Å²) in [7, 11) is 0. The maximum atomic E-state index is 12.6. The van der Waals surface area contributed by atoms with Gasteiger partial charge in [0, 0.05) is 0 Å². The lowest BCUT2D eigenvalue weighted by Crippen LogP contribution is -2.24.